The Morgan fingerprint density at radius 2 is 2.00 bits per heavy atom. The summed E-state index contributed by atoms with van der Waals surface area (Å²) in [4.78, 5) is 4.34. The fraction of sp³-hybridized carbons (Fsp3) is 0.308. The monoisotopic (exact) mass is 244 g/mol. The Morgan fingerprint density at radius 1 is 1.17 bits per heavy atom. The Labute approximate surface area is 106 Å². The number of anilines is 1. The number of benzene rings is 1. The molecule has 0 amide bonds. The van der Waals surface area contributed by atoms with Gasteiger partial charge in [0.05, 0.1) is 18.0 Å². The van der Waals surface area contributed by atoms with Crippen molar-refractivity contribution in [2.24, 2.45) is 0 Å². The van der Waals surface area contributed by atoms with Crippen LogP contribution in [-0.2, 0) is 6.42 Å². The van der Waals surface area contributed by atoms with E-state index in [1.165, 1.54) is 0 Å². The van der Waals surface area contributed by atoms with Crippen molar-refractivity contribution in [2.45, 2.75) is 20.3 Å². The van der Waals surface area contributed by atoms with Crippen LogP contribution in [0.1, 0.15) is 17.2 Å². The van der Waals surface area contributed by atoms with E-state index in [2.05, 4.69) is 15.2 Å². The average Bonchev–Trinajstić information content (AvgIpc) is 2.34. The summed E-state index contributed by atoms with van der Waals surface area (Å²) in [5.41, 5.74) is 8.12. The van der Waals surface area contributed by atoms with Gasteiger partial charge in [0.2, 0.25) is 0 Å². The van der Waals surface area contributed by atoms with Crippen LogP contribution in [0.4, 0.5) is 5.69 Å². The molecule has 0 fully saturated rings. The summed E-state index contributed by atoms with van der Waals surface area (Å²) in [5, 5.41) is 8.05. The molecule has 0 saturated heterocycles. The van der Waals surface area contributed by atoms with Crippen molar-refractivity contribution in [3.05, 3.63) is 41.5 Å². The normalized spacial score (nSPS) is 10.3. The Morgan fingerprint density at radius 3 is 2.72 bits per heavy atom. The molecule has 0 bridgehead atoms. The van der Waals surface area contributed by atoms with E-state index in [-0.39, 0.29) is 0 Å². The van der Waals surface area contributed by atoms with E-state index in [0.717, 1.165) is 17.1 Å². The topological polar surface area (TPSA) is 73.9 Å². The summed E-state index contributed by atoms with van der Waals surface area (Å²) in [6.07, 6.45) is 0.628. The van der Waals surface area contributed by atoms with Gasteiger partial charge in [0, 0.05) is 18.2 Å². The number of nitrogens with zero attached hydrogens (tertiary/aromatic N) is 3. The first kappa shape index (κ1) is 12.3. The SMILES string of the molecule is Cc1nnc(CCOc2cccc(N)c2)nc1C. The Kier molecular flexibility index (Phi) is 3.72. The maximum absolute atomic E-state index is 5.66. The van der Waals surface area contributed by atoms with Crippen molar-refractivity contribution in [1.82, 2.24) is 15.2 Å². The van der Waals surface area contributed by atoms with E-state index in [0.29, 0.717) is 24.5 Å². The molecule has 0 atom stereocenters. The maximum Gasteiger partial charge on any atom is 0.154 e. The summed E-state index contributed by atoms with van der Waals surface area (Å²) < 4.78 is 5.57. The number of rotatable bonds is 4. The first-order valence-electron chi connectivity index (χ1n) is 5.80. The summed E-state index contributed by atoms with van der Waals surface area (Å²) in [7, 11) is 0. The molecule has 0 radical (unpaired) electrons. The first-order chi connectivity index (χ1) is 8.65. The minimum absolute atomic E-state index is 0.508. The highest BCUT2D eigenvalue weighted by Crippen LogP contribution is 2.14. The number of aryl methyl sites for hydroxylation is 2. The predicted octanol–water partition coefficient (Wildman–Crippen LogP) is 1.69. The van der Waals surface area contributed by atoms with Crippen LogP contribution in [0, 0.1) is 13.8 Å². The fourth-order valence-electron chi connectivity index (χ4n) is 1.47. The predicted molar refractivity (Wildman–Crippen MR) is 69.4 cm³/mol. The van der Waals surface area contributed by atoms with E-state index < -0.39 is 0 Å². The summed E-state index contributed by atoms with van der Waals surface area (Å²) in [5.74, 6) is 1.45. The molecule has 0 spiro atoms. The molecule has 0 aliphatic rings. The number of hydrogen-bond acceptors (Lipinski definition) is 5. The lowest BCUT2D eigenvalue weighted by Crippen LogP contribution is -2.08. The van der Waals surface area contributed by atoms with Crippen molar-refractivity contribution >= 4 is 5.69 Å². The number of nitrogens with two attached hydrogens (primary N) is 1. The molecule has 2 rings (SSSR count). The van der Waals surface area contributed by atoms with Crippen molar-refractivity contribution in [2.75, 3.05) is 12.3 Å². The average molecular weight is 244 g/mol. The summed E-state index contributed by atoms with van der Waals surface area (Å²) >= 11 is 0. The molecule has 5 nitrogen and oxygen atoms in total. The van der Waals surface area contributed by atoms with Gasteiger partial charge in [-0.3, -0.25) is 0 Å². The van der Waals surface area contributed by atoms with Gasteiger partial charge in [0.25, 0.3) is 0 Å². The lowest BCUT2D eigenvalue weighted by molar-refractivity contribution is 0.318. The zero-order valence-electron chi connectivity index (χ0n) is 10.6. The highest BCUT2D eigenvalue weighted by atomic mass is 16.5. The standard InChI is InChI=1S/C13H16N4O/c1-9-10(2)16-17-13(15-9)6-7-18-12-5-3-4-11(14)8-12/h3-5,8H,6-7,14H2,1-2H3. The van der Waals surface area contributed by atoms with Gasteiger partial charge in [-0.1, -0.05) is 6.07 Å². The minimum atomic E-state index is 0.508. The Bertz CT molecular complexity index is 542. The Hall–Kier alpha value is -2.17. The highest BCUT2D eigenvalue weighted by Gasteiger charge is 2.02. The second-order valence-electron chi connectivity index (χ2n) is 4.07. The quantitative estimate of drug-likeness (QED) is 0.828. The van der Waals surface area contributed by atoms with Crippen molar-refractivity contribution in [1.29, 1.82) is 0 Å². The number of ether oxygens (including phenoxy) is 1. The molecule has 1 heterocycles. The zero-order chi connectivity index (χ0) is 13.0. The van der Waals surface area contributed by atoms with Crippen molar-refractivity contribution in [3.63, 3.8) is 0 Å². The number of hydrogen-bond donors (Lipinski definition) is 1. The molecule has 5 heteroatoms. The lowest BCUT2D eigenvalue weighted by Gasteiger charge is -2.06. The van der Waals surface area contributed by atoms with Crippen LogP contribution in [0.2, 0.25) is 0 Å². The van der Waals surface area contributed by atoms with Crippen molar-refractivity contribution < 1.29 is 4.74 Å². The van der Waals surface area contributed by atoms with Gasteiger partial charge in [0.1, 0.15) is 5.75 Å². The third-order valence-corrected chi connectivity index (χ3v) is 2.59. The molecule has 0 aliphatic carbocycles. The molecular formula is C13H16N4O. The van der Waals surface area contributed by atoms with Gasteiger partial charge in [-0.15, -0.1) is 5.10 Å². The van der Waals surface area contributed by atoms with E-state index in [9.17, 15) is 0 Å². The smallest absolute Gasteiger partial charge is 0.154 e. The number of nitrogen functional groups attached to an aromatic ring is 1. The van der Waals surface area contributed by atoms with Gasteiger partial charge >= 0.3 is 0 Å². The molecular weight excluding hydrogens is 228 g/mol. The largest absolute Gasteiger partial charge is 0.493 e. The van der Waals surface area contributed by atoms with Crippen LogP contribution in [-0.4, -0.2) is 21.8 Å². The minimum Gasteiger partial charge on any atom is -0.493 e. The van der Waals surface area contributed by atoms with Gasteiger partial charge in [0.15, 0.2) is 5.82 Å². The summed E-state index contributed by atoms with van der Waals surface area (Å²) in [6, 6.07) is 7.34. The van der Waals surface area contributed by atoms with Crippen LogP contribution in [0.5, 0.6) is 5.75 Å². The van der Waals surface area contributed by atoms with E-state index >= 15 is 0 Å². The maximum atomic E-state index is 5.66. The van der Waals surface area contributed by atoms with E-state index in [1.54, 1.807) is 6.07 Å². The third-order valence-electron chi connectivity index (χ3n) is 2.59. The van der Waals surface area contributed by atoms with Crippen molar-refractivity contribution in [3.8, 4) is 5.75 Å². The third kappa shape index (κ3) is 3.16. The lowest BCUT2D eigenvalue weighted by atomic mass is 10.3. The van der Waals surface area contributed by atoms with Crippen LogP contribution < -0.4 is 10.5 Å². The van der Waals surface area contributed by atoms with Crippen LogP contribution in [0.15, 0.2) is 24.3 Å². The molecule has 0 aliphatic heterocycles. The van der Waals surface area contributed by atoms with Crippen LogP contribution in [0.25, 0.3) is 0 Å². The molecule has 0 saturated carbocycles. The van der Waals surface area contributed by atoms with E-state index in [4.69, 9.17) is 10.5 Å². The van der Waals surface area contributed by atoms with Gasteiger partial charge in [-0.05, 0) is 26.0 Å². The fourth-order valence-corrected chi connectivity index (χ4v) is 1.47. The van der Waals surface area contributed by atoms with Gasteiger partial charge < -0.3 is 10.5 Å². The first-order valence-corrected chi connectivity index (χ1v) is 5.80. The molecule has 1 aromatic heterocycles. The molecule has 2 aromatic rings. The number of aromatic nitrogens is 3. The second-order valence-corrected chi connectivity index (χ2v) is 4.07. The zero-order valence-corrected chi connectivity index (χ0v) is 10.6. The van der Waals surface area contributed by atoms with Gasteiger partial charge in [-0.25, -0.2) is 4.98 Å². The molecule has 94 valence electrons. The second kappa shape index (κ2) is 5.44. The van der Waals surface area contributed by atoms with Crippen LogP contribution >= 0.6 is 0 Å². The summed E-state index contributed by atoms with van der Waals surface area (Å²) in [6.45, 7) is 4.32. The molecule has 1 aromatic carbocycles. The van der Waals surface area contributed by atoms with E-state index in [1.807, 2.05) is 32.0 Å². The Balaban J connectivity index is 1.90. The molecule has 18 heavy (non-hydrogen) atoms. The molecule has 0 unspecified atom stereocenters. The van der Waals surface area contributed by atoms with Gasteiger partial charge in [-0.2, -0.15) is 5.10 Å². The van der Waals surface area contributed by atoms with Crippen LogP contribution in [0.3, 0.4) is 0 Å². The molecule has 2 N–H and O–H groups in total. The highest BCUT2D eigenvalue weighted by molar-refractivity contribution is 5.43.